The lowest BCUT2D eigenvalue weighted by Crippen LogP contribution is -2.54. The lowest BCUT2D eigenvalue weighted by atomic mass is 9.49. The Kier molecular flexibility index (Phi) is 5.51. The number of nitro benzene ring substituents is 2. The van der Waals surface area contributed by atoms with Crippen molar-refractivity contribution in [3.63, 3.8) is 0 Å². The number of anilines is 1. The maximum absolute atomic E-state index is 14.6. The van der Waals surface area contributed by atoms with Crippen LogP contribution >= 0.6 is 0 Å². The van der Waals surface area contributed by atoms with Crippen LogP contribution in [0.15, 0.2) is 73.3 Å². The zero-order chi connectivity index (χ0) is 27.6. The maximum Gasteiger partial charge on any atom is 0.293 e. The van der Waals surface area contributed by atoms with E-state index >= 15 is 0 Å². The van der Waals surface area contributed by atoms with E-state index in [0.29, 0.717) is 35.0 Å². The van der Waals surface area contributed by atoms with Gasteiger partial charge < -0.3 is 4.90 Å². The molecule has 4 saturated carbocycles. The van der Waals surface area contributed by atoms with Gasteiger partial charge in [0.2, 0.25) is 5.91 Å². The van der Waals surface area contributed by atoms with Gasteiger partial charge in [0.25, 0.3) is 11.4 Å². The molecule has 0 saturated heterocycles. The molecule has 11 heteroatoms. The Balaban J connectivity index is 1.36. The second-order valence-corrected chi connectivity index (χ2v) is 11.6. The molecule has 204 valence electrons. The van der Waals surface area contributed by atoms with Gasteiger partial charge in [-0.2, -0.15) is 0 Å². The Morgan fingerprint density at radius 3 is 1.98 bits per heavy atom. The van der Waals surface area contributed by atoms with Crippen molar-refractivity contribution in [1.82, 2.24) is 14.5 Å². The number of imidazole rings is 1. The summed E-state index contributed by atoms with van der Waals surface area (Å²) in [5, 5.41) is 23.9. The van der Waals surface area contributed by atoms with E-state index in [2.05, 4.69) is 4.98 Å². The molecule has 1 unspecified atom stereocenters. The van der Waals surface area contributed by atoms with E-state index < -0.39 is 21.4 Å². The van der Waals surface area contributed by atoms with Gasteiger partial charge in [-0.25, -0.2) is 4.98 Å². The van der Waals surface area contributed by atoms with E-state index in [1.54, 1.807) is 69.4 Å². The molecule has 40 heavy (non-hydrogen) atoms. The largest absolute Gasteiger partial charge is 0.313 e. The molecule has 11 nitrogen and oxygen atoms in total. The number of carbonyl (C=O) groups excluding carboxylic acids is 1. The minimum absolute atomic E-state index is 0.00560. The molecular weight excluding hydrogens is 512 g/mol. The number of para-hydroxylation sites is 4. The first kappa shape index (κ1) is 24.5. The molecule has 4 fully saturated rings. The van der Waals surface area contributed by atoms with Crippen LogP contribution < -0.4 is 4.90 Å². The first-order valence-electron chi connectivity index (χ1n) is 13.6. The smallest absolute Gasteiger partial charge is 0.293 e. The van der Waals surface area contributed by atoms with Crippen molar-refractivity contribution in [3.05, 3.63) is 99.4 Å². The molecule has 1 amide bonds. The second kappa shape index (κ2) is 9.00. The summed E-state index contributed by atoms with van der Waals surface area (Å²) in [5.41, 5.74) is -0.0659. The van der Waals surface area contributed by atoms with Gasteiger partial charge in [0.05, 0.1) is 15.3 Å². The average molecular weight is 541 g/mol. The molecule has 1 aliphatic heterocycles. The van der Waals surface area contributed by atoms with Crippen LogP contribution in [0.2, 0.25) is 0 Å². The van der Waals surface area contributed by atoms with Crippen LogP contribution in [-0.4, -0.2) is 30.2 Å². The van der Waals surface area contributed by atoms with Gasteiger partial charge in [-0.15, -0.1) is 0 Å². The van der Waals surface area contributed by atoms with E-state index in [1.807, 2.05) is 0 Å². The summed E-state index contributed by atoms with van der Waals surface area (Å²) in [6, 6.07) is 12.7. The Bertz CT molecular complexity index is 1530. The maximum atomic E-state index is 14.6. The molecule has 0 N–H and O–H groups in total. The highest BCUT2D eigenvalue weighted by molar-refractivity contribution is 5.86. The number of hydrogen-bond acceptors (Lipinski definition) is 7. The monoisotopic (exact) mass is 540 g/mol. The molecular formula is C29H28N6O5. The summed E-state index contributed by atoms with van der Waals surface area (Å²) >= 11 is 0. The zero-order valence-electron chi connectivity index (χ0n) is 21.7. The predicted molar refractivity (Wildman–Crippen MR) is 145 cm³/mol. The standard InChI is InChI=1S/C29H28N6O5/c36-28(29-16-19-13-20(17-29)15-21(14-19)18-29)33-12-11-32(23-6-2-4-8-25(23)35(39)40)27(33)26-30-9-10-31(26)22-5-1-3-7-24(22)34(37)38/h1-12,19-21,27H,13-18H2. The average Bonchev–Trinajstić information content (AvgIpc) is 3.59. The molecule has 0 spiro atoms. The number of rotatable bonds is 6. The second-order valence-electron chi connectivity index (χ2n) is 11.6. The molecule has 4 bridgehead atoms. The summed E-state index contributed by atoms with van der Waals surface area (Å²) < 4.78 is 1.61. The van der Waals surface area contributed by atoms with Gasteiger partial charge in [-0.05, 0) is 68.4 Å². The zero-order valence-corrected chi connectivity index (χ0v) is 21.7. The van der Waals surface area contributed by atoms with Crippen molar-refractivity contribution in [2.45, 2.75) is 44.7 Å². The van der Waals surface area contributed by atoms with Crippen LogP contribution in [0.1, 0.15) is 50.5 Å². The van der Waals surface area contributed by atoms with E-state index in [9.17, 15) is 25.0 Å². The molecule has 3 aromatic rings. The summed E-state index contributed by atoms with van der Waals surface area (Å²) in [6.45, 7) is 0. The normalized spacial score (nSPS) is 28.3. The predicted octanol–water partition coefficient (Wildman–Crippen LogP) is 5.72. The third-order valence-corrected chi connectivity index (χ3v) is 9.24. The highest BCUT2D eigenvalue weighted by Gasteiger charge is 2.57. The summed E-state index contributed by atoms with van der Waals surface area (Å²) in [5.74, 6) is 2.03. The number of hydrogen-bond donors (Lipinski definition) is 0. The van der Waals surface area contributed by atoms with Gasteiger partial charge >= 0.3 is 0 Å². The van der Waals surface area contributed by atoms with Crippen LogP contribution in [0.5, 0.6) is 0 Å². The molecule has 4 aliphatic carbocycles. The Morgan fingerprint density at radius 1 is 0.825 bits per heavy atom. The van der Waals surface area contributed by atoms with Crippen molar-refractivity contribution < 1.29 is 14.6 Å². The van der Waals surface area contributed by atoms with Gasteiger partial charge in [0.1, 0.15) is 11.4 Å². The van der Waals surface area contributed by atoms with Crippen LogP contribution in [0.25, 0.3) is 5.69 Å². The van der Waals surface area contributed by atoms with Crippen molar-refractivity contribution in [3.8, 4) is 5.69 Å². The summed E-state index contributed by atoms with van der Waals surface area (Å²) in [6.07, 6.45) is 11.8. The van der Waals surface area contributed by atoms with Crippen LogP contribution in [0, 0.1) is 43.4 Å². The SMILES string of the molecule is O=C(N1C=CN(c2ccccc2[N+](=O)[O-])C1c1nccn1-c1ccccc1[N+](=O)[O-])C12CC3CC(CC(C3)C1)C2. The Morgan fingerprint density at radius 2 is 1.38 bits per heavy atom. The molecule has 1 atom stereocenters. The molecule has 5 aliphatic rings. The number of benzene rings is 2. The number of nitrogens with zero attached hydrogens (tertiary/aromatic N) is 6. The summed E-state index contributed by atoms with van der Waals surface area (Å²) in [7, 11) is 0. The van der Waals surface area contributed by atoms with Crippen molar-refractivity contribution >= 4 is 23.0 Å². The van der Waals surface area contributed by atoms with Crippen LogP contribution in [0.3, 0.4) is 0 Å². The fourth-order valence-electron chi connectivity index (χ4n) is 8.10. The minimum atomic E-state index is -0.864. The molecule has 8 rings (SSSR count). The molecule has 0 radical (unpaired) electrons. The van der Waals surface area contributed by atoms with E-state index in [1.165, 1.54) is 37.6 Å². The fraction of sp³-hybridized carbons (Fsp3) is 0.379. The minimum Gasteiger partial charge on any atom is -0.313 e. The fourth-order valence-corrected chi connectivity index (χ4v) is 8.10. The van der Waals surface area contributed by atoms with E-state index in [0.717, 1.165) is 19.3 Å². The summed E-state index contributed by atoms with van der Waals surface area (Å²) in [4.78, 5) is 45.5. The number of amides is 1. The number of nitro groups is 2. The van der Waals surface area contributed by atoms with Crippen molar-refractivity contribution in [2.75, 3.05) is 4.90 Å². The Hall–Kier alpha value is -4.54. The lowest BCUT2D eigenvalue weighted by molar-refractivity contribution is -0.384. The molecule has 1 aromatic heterocycles. The quantitative estimate of drug-likeness (QED) is 0.289. The van der Waals surface area contributed by atoms with Crippen LogP contribution in [0.4, 0.5) is 17.1 Å². The third-order valence-electron chi connectivity index (χ3n) is 9.24. The van der Waals surface area contributed by atoms with Crippen LogP contribution in [-0.2, 0) is 4.79 Å². The molecule has 2 aromatic carbocycles. The van der Waals surface area contributed by atoms with Gasteiger partial charge in [0.15, 0.2) is 12.0 Å². The lowest BCUT2D eigenvalue weighted by Gasteiger charge is -2.56. The molecule has 2 heterocycles. The number of carbonyl (C=O) groups is 1. The first-order valence-corrected chi connectivity index (χ1v) is 13.6. The van der Waals surface area contributed by atoms with Crippen molar-refractivity contribution in [1.29, 1.82) is 0 Å². The number of aromatic nitrogens is 2. The third kappa shape index (κ3) is 3.71. The Labute approximate surface area is 230 Å². The van der Waals surface area contributed by atoms with Gasteiger partial charge in [-0.1, -0.05) is 24.3 Å². The highest BCUT2D eigenvalue weighted by Crippen LogP contribution is 2.61. The van der Waals surface area contributed by atoms with E-state index in [-0.39, 0.29) is 17.3 Å². The first-order chi connectivity index (χ1) is 19.3. The van der Waals surface area contributed by atoms with Gasteiger partial charge in [-0.3, -0.25) is 34.5 Å². The topological polar surface area (TPSA) is 128 Å². The van der Waals surface area contributed by atoms with E-state index in [4.69, 9.17) is 0 Å². The highest BCUT2D eigenvalue weighted by atomic mass is 16.6. The van der Waals surface area contributed by atoms with Gasteiger partial charge in [0, 0.05) is 36.9 Å². The van der Waals surface area contributed by atoms with Crippen molar-refractivity contribution in [2.24, 2.45) is 23.2 Å².